The van der Waals surface area contributed by atoms with Crippen LogP contribution in [-0.2, 0) is 11.8 Å². The van der Waals surface area contributed by atoms with Crippen molar-refractivity contribution in [3.05, 3.63) is 17.0 Å². The van der Waals surface area contributed by atoms with Crippen LogP contribution in [0.25, 0.3) is 0 Å². The monoisotopic (exact) mass is 236 g/mol. The van der Waals surface area contributed by atoms with Crippen molar-refractivity contribution in [2.75, 3.05) is 19.6 Å². The Balaban J connectivity index is 2.27. The lowest BCUT2D eigenvalue weighted by atomic mass is 10.1. The van der Waals surface area contributed by atoms with E-state index >= 15 is 0 Å². The van der Waals surface area contributed by atoms with Crippen molar-refractivity contribution in [3.8, 4) is 0 Å². The van der Waals surface area contributed by atoms with Gasteiger partial charge >= 0.3 is 0 Å². The van der Waals surface area contributed by atoms with E-state index in [0.29, 0.717) is 24.3 Å². The van der Waals surface area contributed by atoms with Gasteiger partial charge in [-0.1, -0.05) is 0 Å². The highest BCUT2D eigenvalue weighted by Crippen LogP contribution is 2.15. The van der Waals surface area contributed by atoms with Gasteiger partial charge in [-0.15, -0.1) is 0 Å². The van der Waals surface area contributed by atoms with Gasteiger partial charge < -0.3 is 10.2 Å². The summed E-state index contributed by atoms with van der Waals surface area (Å²) in [7, 11) is 1.81. The van der Waals surface area contributed by atoms with Crippen LogP contribution in [0.3, 0.4) is 0 Å². The average Bonchev–Trinajstić information content (AvgIpc) is 2.52. The van der Waals surface area contributed by atoms with E-state index in [2.05, 4.69) is 10.4 Å². The third-order valence-corrected chi connectivity index (χ3v) is 3.05. The topological polar surface area (TPSA) is 67.2 Å². The summed E-state index contributed by atoms with van der Waals surface area (Å²) in [5.74, 6) is -0.216. The lowest BCUT2D eigenvalue weighted by Crippen LogP contribution is -2.50. The van der Waals surface area contributed by atoms with Crippen LogP contribution in [0.4, 0.5) is 0 Å². The Bertz CT molecular complexity index is 478. The maximum Gasteiger partial charge on any atom is 0.258 e. The van der Waals surface area contributed by atoms with Crippen molar-refractivity contribution in [3.63, 3.8) is 0 Å². The summed E-state index contributed by atoms with van der Waals surface area (Å²) in [4.78, 5) is 25.1. The molecule has 0 aromatic carbocycles. The molecule has 1 aliphatic rings. The summed E-state index contributed by atoms with van der Waals surface area (Å²) in [5, 5.41) is 6.91. The largest absolute Gasteiger partial charge is 0.353 e. The Morgan fingerprint density at radius 3 is 2.65 bits per heavy atom. The first kappa shape index (κ1) is 11.6. The molecule has 1 N–H and O–H groups in total. The molecule has 1 aliphatic heterocycles. The van der Waals surface area contributed by atoms with Gasteiger partial charge in [-0.3, -0.25) is 14.3 Å². The van der Waals surface area contributed by atoms with Crippen LogP contribution in [0.15, 0.2) is 0 Å². The van der Waals surface area contributed by atoms with Crippen molar-refractivity contribution in [1.82, 2.24) is 20.0 Å². The molecule has 0 radical (unpaired) electrons. The molecule has 17 heavy (non-hydrogen) atoms. The highest BCUT2D eigenvalue weighted by atomic mass is 16.2. The molecule has 2 heterocycles. The van der Waals surface area contributed by atoms with Crippen LogP contribution < -0.4 is 5.32 Å². The van der Waals surface area contributed by atoms with E-state index in [9.17, 15) is 9.59 Å². The minimum Gasteiger partial charge on any atom is -0.353 e. The van der Waals surface area contributed by atoms with Gasteiger partial charge in [0.15, 0.2) is 0 Å². The first-order valence-electron chi connectivity index (χ1n) is 5.57. The summed E-state index contributed by atoms with van der Waals surface area (Å²) in [6.45, 7) is 4.87. The lowest BCUT2D eigenvalue weighted by molar-refractivity contribution is -0.123. The van der Waals surface area contributed by atoms with E-state index < -0.39 is 0 Å². The highest BCUT2D eigenvalue weighted by Gasteiger charge is 2.26. The molecule has 1 aromatic rings. The van der Waals surface area contributed by atoms with Gasteiger partial charge in [0.2, 0.25) is 5.91 Å². The molecule has 1 saturated heterocycles. The molecule has 0 bridgehead atoms. The summed E-state index contributed by atoms with van der Waals surface area (Å²) < 4.78 is 1.69. The van der Waals surface area contributed by atoms with Crippen LogP contribution in [0, 0.1) is 13.8 Å². The van der Waals surface area contributed by atoms with E-state index in [0.717, 1.165) is 5.69 Å². The predicted molar refractivity (Wildman–Crippen MR) is 61.6 cm³/mol. The number of carbonyl (C=O) groups excluding carboxylic acids is 2. The van der Waals surface area contributed by atoms with Gasteiger partial charge in [0.05, 0.1) is 17.8 Å². The molecule has 6 nitrogen and oxygen atoms in total. The third-order valence-electron chi connectivity index (χ3n) is 3.05. The van der Waals surface area contributed by atoms with E-state index in [-0.39, 0.29) is 18.4 Å². The fourth-order valence-electron chi connectivity index (χ4n) is 2.05. The summed E-state index contributed by atoms with van der Waals surface area (Å²) >= 11 is 0. The minimum atomic E-state index is -0.108. The lowest BCUT2D eigenvalue weighted by Gasteiger charge is -2.26. The molecule has 0 saturated carbocycles. The second-order valence-electron chi connectivity index (χ2n) is 4.25. The SMILES string of the molecule is Cc1nn(C)c(C)c1C(=O)N1CCNC(=O)C1. The predicted octanol–water partition coefficient (Wildman–Crippen LogP) is -0.391. The number of carbonyl (C=O) groups is 2. The number of rotatable bonds is 1. The van der Waals surface area contributed by atoms with Crippen molar-refractivity contribution in [2.45, 2.75) is 13.8 Å². The quantitative estimate of drug-likeness (QED) is 0.722. The smallest absolute Gasteiger partial charge is 0.258 e. The Hall–Kier alpha value is -1.85. The van der Waals surface area contributed by atoms with Gasteiger partial charge in [0.25, 0.3) is 5.91 Å². The van der Waals surface area contributed by atoms with E-state index in [1.165, 1.54) is 0 Å². The summed E-state index contributed by atoms with van der Waals surface area (Å²) in [6.07, 6.45) is 0. The average molecular weight is 236 g/mol. The number of nitrogens with one attached hydrogen (secondary N) is 1. The number of amides is 2. The van der Waals surface area contributed by atoms with Crippen LogP contribution in [-0.4, -0.2) is 46.1 Å². The van der Waals surface area contributed by atoms with Crippen LogP contribution in [0.2, 0.25) is 0 Å². The highest BCUT2D eigenvalue weighted by molar-refractivity contribution is 5.98. The Morgan fingerprint density at radius 2 is 2.12 bits per heavy atom. The molecule has 1 fully saturated rings. The fraction of sp³-hybridized carbons (Fsp3) is 0.545. The van der Waals surface area contributed by atoms with Crippen LogP contribution in [0.5, 0.6) is 0 Å². The molecule has 2 rings (SSSR count). The maximum absolute atomic E-state index is 12.3. The van der Waals surface area contributed by atoms with E-state index in [4.69, 9.17) is 0 Å². The van der Waals surface area contributed by atoms with Gasteiger partial charge in [-0.25, -0.2) is 0 Å². The second-order valence-corrected chi connectivity index (χ2v) is 4.25. The Labute approximate surface area is 99.6 Å². The third kappa shape index (κ3) is 2.02. The minimum absolute atomic E-state index is 0.108. The standard InChI is InChI=1S/C11H16N4O2/c1-7-10(8(2)14(3)13-7)11(17)15-5-4-12-9(16)6-15/h4-6H2,1-3H3,(H,12,16). The van der Waals surface area contributed by atoms with Gasteiger partial charge in [0, 0.05) is 25.8 Å². The van der Waals surface area contributed by atoms with Gasteiger partial charge in [-0.05, 0) is 13.8 Å². The zero-order chi connectivity index (χ0) is 12.6. The zero-order valence-corrected chi connectivity index (χ0v) is 10.3. The molecule has 6 heteroatoms. The first-order valence-corrected chi connectivity index (χ1v) is 5.57. The molecule has 0 spiro atoms. The number of aryl methyl sites for hydroxylation is 2. The van der Waals surface area contributed by atoms with Crippen molar-refractivity contribution >= 4 is 11.8 Å². The number of hydrogen-bond donors (Lipinski definition) is 1. The maximum atomic E-state index is 12.3. The number of piperazine rings is 1. The first-order chi connectivity index (χ1) is 8.00. The number of aromatic nitrogens is 2. The van der Waals surface area contributed by atoms with E-state index in [1.807, 2.05) is 20.9 Å². The number of nitrogens with zero attached hydrogens (tertiary/aromatic N) is 3. The van der Waals surface area contributed by atoms with Gasteiger partial charge in [-0.2, -0.15) is 5.10 Å². The van der Waals surface area contributed by atoms with Crippen LogP contribution >= 0.6 is 0 Å². The molecule has 0 unspecified atom stereocenters. The normalized spacial score (nSPS) is 15.9. The van der Waals surface area contributed by atoms with Gasteiger partial charge in [0.1, 0.15) is 0 Å². The molecule has 0 aliphatic carbocycles. The Morgan fingerprint density at radius 1 is 1.41 bits per heavy atom. The number of hydrogen-bond acceptors (Lipinski definition) is 3. The summed E-state index contributed by atoms with van der Waals surface area (Å²) in [5.41, 5.74) is 2.15. The Kier molecular flexibility index (Phi) is 2.87. The molecule has 2 amide bonds. The molecule has 1 aromatic heterocycles. The zero-order valence-electron chi connectivity index (χ0n) is 10.3. The van der Waals surface area contributed by atoms with E-state index in [1.54, 1.807) is 9.58 Å². The van der Waals surface area contributed by atoms with Crippen LogP contribution in [0.1, 0.15) is 21.7 Å². The van der Waals surface area contributed by atoms with Crippen molar-refractivity contribution in [1.29, 1.82) is 0 Å². The molecule has 92 valence electrons. The van der Waals surface area contributed by atoms with Crippen molar-refractivity contribution in [2.24, 2.45) is 7.05 Å². The molecular weight excluding hydrogens is 220 g/mol. The second kappa shape index (κ2) is 4.20. The summed E-state index contributed by atoms with van der Waals surface area (Å²) in [6, 6.07) is 0. The fourth-order valence-corrected chi connectivity index (χ4v) is 2.05. The molecule has 0 atom stereocenters. The molecular formula is C11H16N4O2. The van der Waals surface area contributed by atoms with Crippen molar-refractivity contribution < 1.29 is 9.59 Å².